The van der Waals surface area contributed by atoms with Crippen LogP contribution in [0.1, 0.15) is 5.56 Å². The Hall–Kier alpha value is -1.96. The molecule has 2 rings (SSSR count). The molecule has 0 fully saturated rings. The van der Waals surface area contributed by atoms with E-state index in [1.54, 1.807) is 12.2 Å². The quantitative estimate of drug-likeness (QED) is 0.537. The van der Waals surface area contributed by atoms with Gasteiger partial charge in [-0.1, -0.05) is 42.5 Å². The normalized spacial score (nSPS) is 15.3. The Morgan fingerprint density at radius 1 is 1.00 bits per heavy atom. The van der Waals surface area contributed by atoms with E-state index in [-0.39, 0.29) is 5.78 Å². The van der Waals surface area contributed by atoms with E-state index in [1.807, 2.05) is 30.3 Å². The van der Waals surface area contributed by atoms with Gasteiger partial charge in [0.2, 0.25) is 11.6 Å². The molecule has 0 unspecified atom stereocenters. The van der Waals surface area contributed by atoms with Gasteiger partial charge in [-0.2, -0.15) is 0 Å². The van der Waals surface area contributed by atoms with E-state index in [0.717, 1.165) is 5.56 Å². The second-order valence-electron chi connectivity index (χ2n) is 3.41. The van der Waals surface area contributed by atoms with Crippen molar-refractivity contribution in [2.75, 3.05) is 0 Å². The zero-order chi connectivity index (χ0) is 10.7. The van der Waals surface area contributed by atoms with Crippen LogP contribution < -0.4 is 0 Å². The lowest BCUT2D eigenvalue weighted by Gasteiger charge is -2.06. The van der Waals surface area contributed by atoms with E-state index in [0.29, 0.717) is 12.0 Å². The Morgan fingerprint density at radius 2 is 1.73 bits per heavy atom. The molecule has 1 aliphatic carbocycles. The lowest BCUT2D eigenvalue weighted by atomic mass is 9.96. The number of carbonyl (C=O) groups is 2. The van der Waals surface area contributed by atoms with Crippen LogP contribution in [-0.4, -0.2) is 11.6 Å². The van der Waals surface area contributed by atoms with Crippen LogP contribution in [0.15, 0.2) is 54.1 Å². The highest BCUT2D eigenvalue weighted by molar-refractivity contribution is 6.48. The third kappa shape index (κ3) is 2.10. The molecule has 0 radical (unpaired) electrons. The van der Waals surface area contributed by atoms with E-state index in [2.05, 4.69) is 0 Å². The number of carbonyl (C=O) groups excluding carboxylic acids is 2. The van der Waals surface area contributed by atoms with Gasteiger partial charge in [0.25, 0.3) is 0 Å². The number of benzene rings is 1. The summed E-state index contributed by atoms with van der Waals surface area (Å²) in [6, 6.07) is 9.64. The summed E-state index contributed by atoms with van der Waals surface area (Å²) < 4.78 is 0. The van der Waals surface area contributed by atoms with E-state index in [1.165, 1.54) is 6.08 Å². The third-order valence-corrected chi connectivity index (χ3v) is 2.30. The summed E-state index contributed by atoms with van der Waals surface area (Å²) in [6.07, 6.45) is 5.16. The number of allylic oxidation sites excluding steroid dienone is 4. The van der Waals surface area contributed by atoms with Crippen molar-refractivity contribution in [1.82, 2.24) is 0 Å². The summed E-state index contributed by atoms with van der Waals surface area (Å²) in [5.74, 6) is -0.815. The Bertz CT molecular complexity index is 453. The summed E-state index contributed by atoms with van der Waals surface area (Å²) >= 11 is 0. The molecule has 0 atom stereocenters. The minimum absolute atomic E-state index is 0.388. The van der Waals surface area contributed by atoms with Gasteiger partial charge < -0.3 is 0 Å². The molecular weight excluding hydrogens is 188 g/mol. The zero-order valence-corrected chi connectivity index (χ0v) is 8.14. The van der Waals surface area contributed by atoms with Gasteiger partial charge >= 0.3 is 0 Å². The largest absolute Gasteiger partial charge is 0.286 e. The number of hydrogen-bond acceptors (Lipinski definition) is 2. The standard InChI is InChI=1S/C13H10O2/c14-12-8-4-7-11(13(12)15)9-10-5-2-1-3-6-10/h1-8H,9H2. The molecule has 0 saturated heterocycles. The lowest BCUT2D eigenvalue weighted by Crippen LogP contribution is -2.17. The molecule has 1 aliphatic rings. The smallest absolute Gasteiger partial charge is 0.229 e. The first-order valence-corrected chi connectivity index (χ1v) is 4.77. The highest BCUT2D eigenvalue weighted by Gasteiger charge is 2.18. The minimum Gasteiger partial charge on any atom is -0.286 e. The number of rotatable bonds is 2. The van der Waals surface area contributed by atoms with Crippen molar-refractivity contribution in [3.05, 3.63) is 59.7 Å². The van der Waals surface area contributed by atoms with Gasteiger partial charge in [0.1, 0.15) is 0 Å². The van der Waals surface area contributed by atoms with Crippen LogP contribution in [0, 0.1) is 0 Å². The first-order valence-electron chi connectivity index (χ1n) is 4.77. The third-order valence-electron chi connectivity index (χ3n) is 2.30. The minimum atomic E-state index is -0.427. The van der Waals surface area contributed by atoms with Gasteiger partial charge in [0, 0.05) is 12.0 Å². The van der Waals surface area contributed by atoms with E-state index >= 15 is 0 Å². The van der Waals surface area contributed by atoms with Crippen LogP contribution in [-0.2, 0) is 16.0 Å². The number of hydrogen-bond donors (Lipinski definition) is 0. The lowest BCUT2D eigenvalue weighted by molar-refractivity contribution is -0.131. The SMILES string of the molecule is O=C1C=CC=C(Cc2ccccc2)C1=O. The Kier molecular flexibility index (Phi) is 2.59. The van der Waals surface area contributed by atoms with Gasteiger partial charge in [-0.3, -0.25) is 9.59 Å². The van der Waals surface area contributed by atoms with Gasteiger partial charge in [0.15, 0.2) is 0 Å². The number of Topliss-reactive ketones (excluding diaryl/α,β-unsaturated/α-hetero) is 1. The second kappa shape index (κ2) is 4.05. The Balaban J connectivity index is 2.20. The molecule has 0 saturated carbocycles. The second-order valence-corrected chi connectivity index (χ2v) is 3.41. The van der Waals surface area contributed by atoms with E-state index < -0.39 is 5.78 Å². The van der Waals surface area contributed by atoms with Crippen LogP contribution in [0.2, 0.25) is 0 Å². The summed E-state index contributed by atoms with van der Waals surface area (Å²) in [7, 11) is 0. The highest BCUT2D eigenvalue weighted by Crippen LogP contribution is 2.12. The fourth-order valence-electron chi connectivity index (χ4n) is 1.52. The molecule has 1 aromatic rings. The predicted octanol–water partition coefficient (Wildman–Crippen LogP) is 1.86. The fraction of sp³-hybridized carbons (Fsp3) is 0.0769. The molecule has 0 spiro atoms. The van der Waals surface area contributed by atoms with Gasteiger partial charge in [-0.15, -0.1) is 0 Å². The first kappa shape index (κ1) is 9.59. The van der Waals surface area contributed by atoms with Crippen molar-refractivity contribution in [3.8, 4) is 0 Å². The monoisotopic (exact) mass is 198 g/mol. The van der Waals surface area contributed by atoms with E-state index in [4.69, 9.17) is 0 Å². The van der Waals surface area contributed by atoms with Crippen LogP contribution in [0.4, 0.5) is 0 Å². The van der Waals surface area contributed by atoms with Crippen LogP contribution >= 0.6 is 0 Å². The van der Waals surface area contributed by atoms with Crippen molar-refractivity contribution < 1.29 is 9.59 Å². The molecule has 0 aromatic heterocycles. The summed E-state index contributed by atoms with van der Waals surface area (Å²) in [6.45, 7) is 0. The first-order chi connectivity index (χ1) is 7.27. The molecule has 15 heavy (non-hydrogen) atoms. The highest BCUT2D eigenvalue weighted by atomic mass is 16.2. The molecule has 0 heterocycles. The molecular formula is C13H10O2. The summed E-state index contributed by atoms with van der Waals surface area (Å²) in [5, 5.41) is 0. The van der Waals surface area contributed by atoms with E-state index in [9.17, 15) is 9.59 Å². The van der Waals surface area contributed by atoms with Crippen LogP contribution in [0.25, 0.3) is 0 Å². The van der Waals surface area contributed by atoms with Crippen molar-refractivity contribution in [2.45, 2.75) is 6.42 Å². The molecule has 0 bridgehead atoms. The topological polar surface area (TPSA) is 34.1 Å². The molecule has 0 amide bonds. The van der Waals surface area contributed by atoms with Crippen LogP contribution in [0.3, 0.4) is 0 Å². The molecule has 0 aliphatic heterocycles. The maximum Gasteiger partial charge on any atom is 0.229 e. The zero-order valence-electron chi connectivity index (χ0n) is 8.14. The molecule has 1 aromatic carbocycles. The van der Waals surface area contributed by atoms with Crippen molar-refractivity contribution in [1.29, 1.82) is 0 Å². The summed E-state index contributed by atoms with van der Waals surface area (Å²) in [4.78, 5) is 22.6. The molecule has 2 nitrogen and oxygen atoms in total. The average Bonchev–Trinajstić information content (AvgIpc) is 2.26. The van der Waals surface area contributed by atoms with Gasteiger partial charge in [0.05, 0.1) is 0 Å². The summed E-state index contributed by atoms with van der Waals surface area (Å²) in [5.41, 5.74) is 1.61. The molecule has 74 valence electrons. The van der Waals surface area contributed by atoms with Crippen molar-refractivity contribution in [3.63, 3.8) is 0 Å². The van der Waals surface area contributed by atoms with Crippen molar-refractivity contribution >= 4 is 11.6 Å². The van der Waals surface area contributed by atoms with Crippen molar-refractivity contribution in [2.24, 2.45) is 0 Å². The fourth-order valence-corrected chi connectivity index (χ4v) is 1.52. The maximum absolute atomic E-state index is 11.5. The van der Waals surface area contributed by atoms with Gasteiger partial charge in [-0.25, -0.2) is 0 Å². The average molecular weight is 198 g/mol. The predicted molar refractivity (Wildman–Crippen MR) is 57.4 cm³/mol. The number of ketones is 2. The van der Waals surface area contributed by atoms with Gasteiger partial charge in [-0.05, 0) is 11.6 Å². The maximum atomic E-state index is 11.5. The molecule has 2 heteroatoms. The Labute approximate surface area is 87.9 Å². The molecule has 0 N–H and O–H groups in total. The Morgan fingerprint density at radius 3 is 2.47 bits per heavy atom. The van der Waals surface area contributed by atoms with Crippen LogP contribution in [0.5, 0.6) is 0 Å².